The Hall–Kier alpha value is -2.34. The van der Waals surface area contributed by atoms with Gasteiger partial charge in [0.2, 0.25) is 5.91 Å². The van der Waals surface area contributed by atoms with Crippen LogP contribution < -0.4 is 11.1 Å². The van der Waals surface area contributed by atoms with Crippen molar-refractivity contribution in [1.82, 2.24) is 15.1 Å². The maximum absolute atomic E-state index is 12.5. The molecule has 1 aliphatic rings. The van der Waals surface area contributed by atoms with Gasteiger partial charge in [-0.1, -0.05) is 17.7 Å². The van der Waals surface area contributed by atoms with Crippen molar-refractivity contribution < 1.29 is 9.59 Å². The Morgan fingerprint density at radius 3 is 2.71 bits per heavy atom. The zero-order valence-corrected chi connectivity index (χ0v) is 14.3. The summed E-state index contributed by atoms with van der Waals surface area (Å²) in [4.78, 5) is 23.6. The number of hydrogen-bond acceptors (Lipinski definition) is 3. The lowest BCUT2D eigenvalue weighted by Crippen LogP contribution is -2.42. The summed E-state index contributed by atoms with van der Waals surface area (Å²) in [6.45, 7) is 3.49. The van der Waals surface area contributed by atoms with E-state index in [9.17, 15) is 9.59 Å². The van der Waals surface area contributed by atoms with Gasteiger partial charge in [-0.15, -0.1) is 0 Å². The van der Waals surface area contributed by atoms with Gasteiger partial charge in [-0.25, -0.2) is 4.68 Å². The number of aromatic nitrogens is 2. The number of carbonyl (C=O) groups excluding carboxylic acids is 2. The van der Waals surface area contributed by atoms with E-state index < -0.39 is 11.9 Å². The van der Waals surface area contributed by atoms with E-state index in [0.717, 1.165) is 29.8 Å². The molecule has 0 aliphatic heterocycles. The number of carbonyl (C=O) groups is 2. The molecule has 7 heteroatoms. The molecule has 3 N–H and O–H groups in total. The minimum Gasteiger partial charge on any atom is -0.368 e. The molecule has 1 saturated carbocycles. The summed E-state index contributed by atoms with van der Waals surface area (Å²) >= 11 is 6.21. The molecule has 1 aromatic carbocycles. The van der Waals surface area contributed by atoms with Gasteiger partial charge in [0.1, 0.15) is 6.04 Å². The number of nitrogens with zero attached hydrogens (tertiary/aromatic N) is 2. The van der Waals surface area contributed by atoms with Crippen molar-refractivity contribution in [1.29, 1.82) is 0 Å². The first-order chi connectivity index (χ1) is 11.4. The Labute approximate surface area is 145 Å². The van der Waals surface area contributed by atoms with Crippen LogP contribution in [0.15, 0.2) is 24.4 Å². The first kappa shape index (κ1) is 16.5. The standard InChI is InChI=1S/C17H19ClN4O2/c1-9-3-6-12(7-14(9)18)22-15(11-4-5-11)13(8-20-22)17(24)21-10(2)16(19)23/h3,6-8,10-11H,4-5H2,1-2H3,(H2,19,23)(H,21,24)/t10-/m1/s1. The Balaban J connectivity index is 1.98. The lowest BCUT2D eigenvalue weighted by Gasteiger charge is -2.12. The van der Waals surface area contributed by atoms with E-state index in [1.54, 1.807) is 11.6 Å². The molecule has 0 spiro atoms. The molecule has 3 rings (SSSR count). The van der Waals surface area contributed by atoms with Crippen molar-refractivity contribution in [2.75, 3.05) is 0 Å². The third-order valence-corrected chi connectivity index (χ3v) is 4.60. The molecule has 24 heavy (non-hydrogen) atoms. The Morgan fingerprint density at radius 1 is 1.42 bits per heavy atom. The zero-order valence-electron chi connectivity index (χ0n) is 13.5. The zero-order chi connectivity index (χ0) is 17.4. The van der Waals surface area contributed by atoms with E-state index in [4.69, 9.17) is 17.3 Å². The van der Waals surface area contributed by atoms with Gasteiger partial charge in [0.15, 0.2) is 0 Å². The molecule has 0 radical (unpaired) electrons. The van der Waals surface area contributed by atoms with Crippen LogP contribution in [-0.4, -0.2) is 27.6 Å². The number of nitrogens with two attached hydrogens (primary N) is 1. The minimum atomic E-state index is -0.735. The number of rotatable bonds is 5. The Morgan fingerprint density at radius 2 is 2.12 bits per heavy atom. The van der Waals surface area contributed by atoms with Crippen LogP contribution in [0.1, 0.15) is 47.3 Å². The minimum absolute atomic E-state index is 0.289. The van der Waals surface area contributed by atoms with Crippen molar-refractivity contribution in [3.8, 4) is 5.69 Å². The second kappa shape index (κ2) is 6.28. The average Bonchev–Trinajstić information content (AvgIpc) is 3.28. The fourth-order valence-electron chi connectivity index (χ4n) is 2.55. The summed E-state index contributed by atoms with van der Waals surface area (Å²) in [7, 11) is 0. The Kier molecular flexibility index (Phi) is 4.32. The summed E-state index contributed by atoms with van der Waals surface area (Å²) in [5, 5.41) is 7.63. The molecule has 6 nitrogen and oxygen atoms in total. The van der Waals surface area contributed by atoms with E-state index in [0.29, 0.717) is 10.6 Å². The smallest absolute Gasteiger partial charge is 0.255 e. The molecule has 1 fully saturated rings. The van der Waals surface area contributed by atoms with Crippen LogP contribution in [0.2, 0.25) is 5.02 Å². The molecule has 2 amide bonds. The second-order valence-corrected chi connectivity index (χ2v) is 6.57. The van der Waals surface area contributed by atoms with Gasteiger partial charge in [-0.3, -0.25) is 9.59 Å². The molecule has 1 atom stereocenters. The molecule has 126 valence electrons. The quantitative estimate of drug-likeness (QED) is 0.870. The van der Waals surface area contributed by atoms with E-state index in [2.05, 4.69) is 10.4 Å². The molecular formula is C17H19ClN4O2. The lowest BCUT2D eigenvalue weighted by atomic mass is 10.1. The van der Waals surface area contributed by atoms with Gasteiger partial charge < -0.3 is 11.1 Å². The normalized spacial score (nSPS) is 15.1. The van der Waals surface area contributed by atoms with Crippen LogP contribution in [0.3, 0.4) is 0 Å². The largest absolute Gasteiger partial charge is 0.368 e. The number of nitrogens with one attached hydrogen (secondary N) is 1. The summed E-state index contributed by atoms with van der Waals surface area (Å²) in [5.41, 5.74) is 8.33. The fraction of sp³-hybridized carbons (Fsp3) is 0.353. The van der Waals surface area contributed by atoms with Crippen LogP contribution in [0.4, 0.5) is 0 Å². The molecule has 0 unspecified atom stereocenters. The van der Waals surface area contributed by atoms with Gasteiger partial charge >= 0.3 is 0 Å². The van der Waals surface area contributed by atoms with Crippen LogP contribution in [0, 0.1) is 6.92 Å². The molecule has 0 saturated heterocycles. The highest BCUT2D eigenvalue weighted by atomic mass is 35.5. The maximum Gasteiger partial charge on any atom is 0.255 e. The predicted molar refractivity (Wildman–Crippen MR) is 91.4 cm³/mol. The van der Waals surface area contributed by atoms with Crippen molar-refractivity contribution in [3.63, 3.8) is 0 Å². The third kappa shape index (κ3) is 3.14. The van der Waals surface area contributed by atoms with Gasteiger partial charge in [-0.2, -0.15) is 5.10 Å². The van der Waals surface area contributed by atoms with Crippen LogP contribution >= 0.6 is 11.6 Å². The maximum atomic E-state index is 12.5. The van der Waals surface area contributed by atoms with E-state index in [1.165, 1.54) is 6.20 Å². The first-order valence-electron chi connectivity index (χ1n) is 7.83. The molecule has 1 heterocycles. The van der Waals surface area contributed by atoms with Crippen LogP contribution in [0.25, 0.3) is 5.69 Å². The number of halogens is 1. The summed E-state index contributed by atoms with van der Waals surface area (Å²) in [6, 6.07) is 4.95. The van der Waals surface area contributed by atoms with Gasteiger partial charge in [0.25, 0.3) is 5.91 Å². The molecule has 0 bridgehead atoms. The van der Waals surface area contributed by atoms with Crippen molar-refractivity contribution >= 4 is 23.4 Å². The Bertz CT molecular complexity index is 811. The highest BCUT2D eigenvalue weighted by Crippen LogP contribution is 2.42. The highest BCUT2D eigenvalue weighted by molar-refractivity contribution is 6.31. The topological polar surface area (TPSA) is 90.0 Å². The number of benzene rings is 1. The van der Waals surface area contributed by atoms with Crippen molar-refractivity contribution in [3.05, 3.63) is 46.2 Å². The van der Waals surface area contributed by atoms with Crippen molar-refractivity contribution in [2.45, 2.75) is 38.6 Å². The van der Waals surface area contributed by atoms with Gasteiger partial charge in [0.05, 0.1) is 23.1 Å². The fourth-order valence-corrected chi connectivity index (χ4v) is 2.72. The molecule has 2 aromatic rings. The monoisotopic (exact) mass is 346 g/mol. The van der Waals surface area contributed by atoms with E-state index in [1.807, 2.05) is 25.1 Å². The number of amides is 2. The molecule has 1 aromatic heterocycles. The number of hydrogen-bond donors (Lipinski definition) is 2. The third-order valence-electron chi connectivity index (χ3n) is 4.19. The summed E-state index contributed by atoms with van der Waals surface area (Å²) in [6.07, 6.45) is 3.55. The highest BCUT2D eigenvalue weighted by Gasteiger charge is 2.33. The van der Waals surface area contributed by atoms with E-state index in [-0.39, 0.29) is 11.8 Å². The lowest BCUT2D eigenvalue weighted by molar-refractivity contribution is -0.119. The second-order valence-electron chi connectivity index (χ2n) is 6.16. The van der Waals surface area contributed by atoms with E-state index >= 15 is 0 Å². The van der Waals surface area contributed by atoms with Crippen molar-refractivity contribution in [2.24, 2.45) is 5.73 Å². The summed E-state index contributed by atoms with van der Waals surface area (Å²) < 4.78 is 1.76. The first-order valence-corrected chi connectivity index (χ1v) is 8.21. The molecule has 1 aliphatic carbocycles. The average molecular weight is 347 g/mol. The predicted octanol–water partition coefficient (Wildman–Crippen LogP) is 2.32. The van der Waals surface area contributed by atoms with Gasteiger partial charge in [-0.05, 0) is 44.4 Å². The van der Waals surface area contributed by atoms with Gasteiger partial charge in [0, 0.05) is 10.9 Å². The number of primary amides is 1. The number of aryl methyl sites for hydroxylation is 1. The molecular weight excluding hydrogens is 328 g/mol. The van der Waals surface area contributed by atoms with Crippen LogP contribution in [-0.2, 0) is 4.79 Å². The summed E-state index contributed by atoms with van der Waals surface area (Å²) in [5.74, 6) is -0.626. The van der Waals surface area contributed by atoms with Crippen LogP contribution in [0.5, 0.6) is 0 Å². The SMILES string of the molecule is Cc1ccc(-n2ncc(C(=O)N[C@H](C)C(N)=O)c2C2CC2)cc1Cl.